The van der Waals surface area contributed by atoms with Crippen LogP contribution in [0.25, 0.3) is 0 Å². The summed E-state index contributed by atoms with van der Waals surface area (Å²) in [7, 11) is 0. The minimum absolute atomic E-state index is 0.128. The van der Waals surface area contributed by atoms with Crippen molar-refractivity contribution in [3.8, 4) is 0 Å². The Morgan fingerprint density at radius 3 is 2.00 bits per heavy atom. The van der Waals surface area contributed by atoms with Crippen molar-refractivity contribution < 1.29 is 9.59 Å². The average Bonchev–Trinajstić information content (AvgIpc) is 2.64. The number of halogens is 3. The van der Waals surface area contributed by atoms with Crippen LogP contribution in [0.5, 0.6) is 0 Å². The van der Waals surface area contributed by atoms with Crippen molar-refractivity contribution in [3.63, 3.8) is 0 Å². The van der Waals surface area contributed by atoms with Gasteiger partial charge in [-0.1, -0.05) is 55.6 Å². The molecule has 2 fully saturated rings. The number of benzene rings is 1. The van der Waals surface area contributed by atoms with E-state index in [-0.39, 0.29) is 33.3 Å². The number of carbonyl (C=O) groups excluding carboxylic acids is 2. The van der Waals surface area contributed by atoms with Crippen LogP contribution < -0.4 is 4.90 Å². The van der Waals surface area contributed by atoms with Crippen LogP contribution in [-0.4, -0.2) is 21.5 Å². The SMILES string of the molecule is O=C1[C@H]2C[C@@H](Br)[C@@H](Br)C[C@@H]2C(=O)N1c1ccccc1Cl. The number of anilines is 1. The van der Waals surface area contributed by atoms with Crippen molar-refractivity contribution >= 4 is 61.0 Å². The quantitative estimate of drug-likeness (QED) is 0.511. The minimum atomic E-state index is -0.239. The Labute approximate surface area is 138 Å². The lowest BCUT2D eigenvalue weighted by atomic mass is 9.81. The van der Waals surface area contributed by atoms with E-state index in [2.05, 4.69) is 31.9 Å². The van der Waals surface area contributed by atoms with Crippen molar-refractivity contribution in [1.82, 2.24) is 0 Å². The van der Waals surface area contributed by atoms with E-state index in [1.54, 1.807) is 24.3 Å². The van der Waals surface area contributed by atoms with E-state index < -0.39 is 0 Å². The molecule has 1 aliphatic carbocycles. The lowest BCUT2D eigenvalue weighted by Gasteiger charge is -2.29. The van der Waals surface area contributed by atoms with Crippen LogP contribution in [-0.2, 0) is 9.59 Å². The van der Waals surface area contributed by atoms with Gasteiger partial charge in [0.15, 0.2) is 0 Å². The zero-order valence-corrected chi connectivity index (χ0v) is 14.4. The predicted octanol–water partition coefficient (Wildman–Crippen LogP) is 3.77. The highest BCUT2D eigenvalue weighted by atomic mass is 79.9. The van der Waals surface area contributed by atoms with Gasteiger partial charge in [-0.2, -0.15) is 0 Å². The van der Waals surface area contributed by atoms with E-state index >= 15 is 0 Å². The summed E-state index contributed by atoms with van der Waals surface area (Å²) in [5.41, 5.74) is 0.496. The van der Waals surface area contributed by atoms with Crippen molar-refractivity contribution in [3.05, 3.63) is 29.3 Å². The zero-order chi connectivity index (χ0) is 14.4. The largest absolute Gasteiger partial charge is 0.274 e. The molecular formula is C14H12Br2ClNO2. The summed E-state index contributed by atoms with van der Waals surface area (Å²) in [6.07, 6.45) is 1.35. The normalized spacial score (nSPS) is 33.5. The molecule has 1 aromatic rings. The number of para-hydroxylation sites is 1. The molecule has 20 heavy (non-hydrogen) atoms. The fraction of sp³-hybridized carbons (Fsp3) is 0.429. The van der Waals surface area contributed by atoms with Gasteiger partial charge in [-0.25, -0.2) is 4.90 Å². The molecule has 1 saturated carbocycles. The predicted molar refractivity (Wildman–Crippen MR) is 85.6 cm³/mol. The van der Waals surface area contributed by atoms with Crippen LogP contribution in [0.4, 0.5) is 5.69 Å². The maximum Gasteiger partial charge on any atom is 0.237 e. The lowest BCUT2D eigenvalue weighted by Crippen LogP contribution is -2.34. The van der Waals surface area contributed by atoms with Crippen molar-refractivity contribution in [2.24, 2.45) is 11.8 Å². The molecular weight excluding hydrogens is 409 g/mol. The average molecular weight is 422 g/mol. The van der Waals surface area contributed by atoms with E-state index in [4.69, 9.17) is 11.6 Å². The fourth-order valence-corrected chi connectivity index (χ4v) is 4.42. The second kappa shape index (κ2) is 5.43. The van der Waals surface area contributed by atoms with Gasteiger partial charge in [-0.05, 0) is 25.0 Å². The zero-order valence-electron chi connectivity index (χ0n) is 10.4. The summed E-state index contributed by atoms with van der Waals surface area (Å²) in [4.78, 5) is 26.8. The molecule has 4 atom stereocenters. The molecule has 6 heteroatoms. The summed E-state index contributed by atoms with van der Waals surface area (Å²) in [6, 6.07) is 6.98. The molecule has 0 bridgehead atoms. The summed E-state index contributed by atoms with van der Waals surface area (Å²) in [5, 5.41) is 0.429. The van der Waals surface area contributed by atoms with Gasteiger partial charge in [0.2, 0.25) is 11.8 Å². The Hall–Kier alpha value is -0.390. The van der Waals surface area contributed by atoms with Crippen LogP contribution >= 0.6 is 43.5 Å². The summed E-state index contributed by atoms with van der Waals surface area (Å²) >= 11 is 13.3. The van der Waals surface area contributed by atoms with Crippen molar-refractivity contribution in [2.75, 3.05) is 4.90 Å². The van der Waals surface area contributed by atoms with Gasteiger partial charge in [0.1, 0.15) is 0 Å². The number of alkyl halides is 2. The van der Waals surface area contributed by atoms with E-state index in [1.807, 2.05) is 0 Å². The van der Waals surface area contributed by atoms with E-state index in [0.717, 1.165) is 0 Å². The molecule has 0 unspecified atom stereocenters. The van der Waals surface area contributed by atoms with Crippen LogP contribution in [0, 0.1) is 11.8 Å². The monoisotopic (exact) mass is 419 g/mol. The molecule has 2 amide bonds. The van der Waals surface area contributed by atoms with E-state index in [9.17, 15) is 9.59 Å². The Balaban J connectivity index is 1.97. The molecule has 0 spiro atoms. The first-order valence-corrected chi connectivity index (χ1v) is 8.62. The molecule has 1 heterocycles. The fourth-order valence-electron chi connectivity index (χ4n) is 2.97. The molecule has 0 aromatic heterocycles. The Morgan fingerprint density at radius 2 is 1.50 bits per heavy atom. The van der Waals surface area contributed by atoms with Crippen LogP contribution in [0.2, 0.25) is 5.02 Å². The highest BCUT2D eigenvalue weighted by Crippen LogP contribution is 2.45. The van der Waals surface area contributed by atoms with Gasteiger partial charge >= 0.3 is 0 Å². The number of imide groups is 1. The molecule has 1 aromatic carbocycles. The Bertz CT molecular complexity index is 552. The highest BCUT2D eigenvalue weighted by Gasteiger charge is 2.52. The van der Waals surface area contributed by atoms with Crippen molar-refractivity contribution in [2.45, 2.75) is 22.5 Å². The third kappa shape index (κ3) is 2.24. The molecule has 3 rings (SSSR count). The number of amides is 2. The van der Waals surface area contributed by atoms with E-state index in [1.165, 1.54) is 4.90 Å². The first-order valence-electron chi connectivity index (χ1n) is 6.41. The molecule has 0 radical (unpaired) electrons. The molecule has 3 nitrogen and oxygen atoms in total. The standard InChI is InChI=1S/C14H12Br2ClNO2/c15-9-5-7-8(6-10(9)16)14(20)18(13(7)19)12-4-2-1-3-11(12)17/h1-4,7-10H,5-6H2/t7-,8-,9-,10+/m0/s1. The maximum absolute atomic E-state index is 12.6. The molecule has 1 saturated heterocycles. The minimum Gasteiger partial charge on any atom is -0.274 e. The first kappa shape index (κ1) is 14.5. The second-order valence-corrected chi connectivity index (χ2v) is 7.94. The van der Waals surface area contributed by atoms with Gasteiger partial charge in [-0.15, -0.1) is 0 Å². The smallest absolute Gasteiger partial charge is 0.237 e. The number of hydrogen-bond donors (Lipinski definition) is 0. The number of nitrogens with zero attached hydrogens (tertiary/aromatic N) is 1. The highest BCUT2D eigenvalue weighted by molar-refractivity contribution is 9.12. The molecule has 0 N–H and O–H groups in total. The van der Waals surface area contributed by atoms with Gasteiger partial charge < -0.3 is 0 Å². The number of hydrogen-bond acceptors (Lipinski definition) is 2. The van der Waals surface area contributed by atoms with Crippen LogP contribution in [0.3, 0.4) is 0 Å². The topological polar surface area (TPSA) is 37.4 Å². The summed E-state index contributed by atoms with van der Waals surface area (Å²) in [6.45, 7) is 0. The molecule has 2 aliphatic rings. The molecule has 106 valence electrons. The van der Waals surface area contributed by atoms with Crippen LogP contribution in [0.1, 0.15) is 12.8 Å². The first-order chi connectivity index (χ1) is 9.50. The molecule has 1 aliphatic heterocycles. The van der Waals surface area contributed by atoms with Gasteiger partial charge in [0.25, 0.3) is 0 Å². The van der Waals surface area contributed by atoms with Gasteiger partial charge in [0.05, 0.1) is 22.5 Å². The third-order valence-electron chi connectivity index (χ3n) is 4.00. The van der Waals surface area contributed by atoms with Crippen molar-refractivity contribution in [1.29, 1.82) is 0 Å². The summed E-state index contributed by atoms with van der Waals surface area (Å²) in [5.74, 6) is -0.734. The summed E-state index contributed by atoms with van der Waals surface area (Å²) < 4.78 is 0. The second-order valence-electron chi connectivity index (χ2n) is 5.18. The van der Waals surface area contributed by atoms with Crippen LogP contribution in [0.15, 0.2) is 24.3 Å². The number of rotatable bonds is 1. The van der Waals surface area contributed by atoms with Gasteiger partial charge in [0, 0.05) is 9.65 Å². The van der Waals surface area contributed by atoms with E-state index in [0.29, 0.717) is 23.6 Å². The number of carbonyl (C=O) groups is 2. The third-order valence-corrected chi connectivity index (χ3v) is 7.06. The Morgan fingerprint density at radius 1 is 1.00 bits per heavy atom. The number of fused-ring (bicyclic) bond motifs is 1. The lowest BCUT2D eigenvalue weighted by molar-refractivity contribution is -0.122. The maximum atomic E-state index is 12.6. The Kier molecular flexibility index (Phi) is 3.95. The van der Waals surface area contributed by atoms with Gasteiger partial charge in [-0.3, -0.25) is 9.59 Å².